The highest BCUT2D eigenvalue weighted by Crippen LogP contribution is 2.20. The molecule has 1 atom stereocenters. The molecule has 9 nitrogen and oxygen atoms in total. The van der Waals surface area contributed by atoms with Crippen LogP contribution < -0.4 is 5.32 Å². The quantitative estimate of drug-likeness (QED) is 0.0442. The van der Waals surface area contributed by atoms with Gasteiger partial charge in [0.25, 0.3) is 5.91 Å². The van der Waals surface area contributed by atoms with Crippen LogP contribution >= 0.6 is 0 Å². The van der Waals surface area contributed by atoms with Crippen molar-refractivity contribution in [2.75, 3.05) is 26.2 Å². The van der Waals surface area contributed by atoms with Gasteiger partial charge in [0.05, 0.1) is 11.7 Å². The van der Waals surface area contributed by atoms with Crippen LogP contribution in [0.3, 0.4) is 0 Å². The van der Waals surface area contributed by atoms with Gasteiger partial charge in [-0.2, -0.15) is 0 Å². The van der Waals surface area contributed by atoms with E-state index in [9.17, 15) is 19.5 Å². The molecular weight excluding hydrogens is 751 g/mol. The van der Waals surface area contributed by atoms with Crippen molar-refractivity contribution >= 4 is 17.8 Å². The van der Waals surface area contributed by atoms with Gasteiger partial charge in [-0.1, -0.05) is 131 Å². The zero-order chi connectivity index (χ0) is 44.1. The fourth-order valence-corrected chi connectivity index (χ4v) is 8.17. The van der Waals surface area contributed by atoms with Crippen LogP contribution in [0, 0.1) is 11.8 Å². The fraction of sp³-hybridized carbons (Fsp3) is 0.863. The van der Waals surface area contributed by atoms with E-state index in [1.807, 2.05) is 0 Å². The lowest BCUT2D eigenvalue weighted by atomic mass is 9.98. The molecule has 350 valence electrons. The first-order valence-electron chi connectivity index (χ1n) is 25.2. The molecule has 0 fully saturated rings. The molecule has 1 aromatic heterocycles. The Balaban J connectivity index is 2.49. The lowest BCUT2D eigenvalue weighted by molar-refractivity contribution is -0.151. The Morgan fingerprint density at radius 3 is 1.60 bits per heavy atom. The number of hydrogen-bond acceptors (Lipinski definition) is 7. The molecule has 0 saturated heterocycles. The van der Waals surface area contributed by atoms with Crippen molar-refractivity contribution in [2.24, 2.45) is 11.8 Å². The Bertz CT molecular complexity index is 1120. The van der Waals surface area contributed by atoms with E-state index in [2.05, 4.69) is 56.7 Å². The highest BCUT2D eigenvalue weighted by Gasteiger charge is 2.18. The number of aromatic amines is 1. The molecule has 0 aliphatic carbocycles. The first kappa shape index (κ1) is 55.6. The van der Waals surface area contributed by atoms with Crippen LogP contribution in [0.2, 0.25) is 0 Å². The molecule has 60 heavy (non-hydrogen) atoms. The van der Waals surface area contributed by atoms with E-state index < -0.39 is 6.10 Å². The fourth-order valence-electron chi connectivity index (χ4n) is 8.17. The minimum absolute atomic E-state index is 0.00510. The number of unbranched alkanes of at least 4 members (excludes halogenated alkanes) is 17. The summed E-state index contributed by atoms with van der Waals surface area (Å²) in [4.78, 5) is 43.1. The molecule has 1 heterocycles. The minimum atomic E-state index is -0.420. The first-order valence-corrected chi connectivity index (χ1v) is 25.2. The Morgan fingerprint density at radius 1 is 0.617 bits per heavy atom. The normalized spacial score (nSPS) is 12.3. The van der Waals surface area contributed by atoms with Gasteiger partial charge in [0.2, 0.25) is 0 Å². The van der Waals surface area contributed by atoms with Crippen molar-refractivity contribution in [1.82, 2.24) is 15.2 Å². The van der Waals surface area contributed by atoms with Crippen LogP contribution in [0.4, 0.5) is 0 Å². The summed E-state index contributed by atoms with van der Waals surface area (Å²) in [6, 6.07) is 1.76. The number of hydrogen-bond donors (Lipinski definition) is 3. The SMILES string of the molecule is CCCCCCCCC(CCCCCCCC)OC(=O)CCCCCCCN(CCCCCC(=O)OC(CC(C)C)CC(C)C)CC(O)CCCCNC(=O)c1cc[nH]c1. The zero-order valence-corrected chi connectivity index (χ0v) is 39.9. The zero-order valence-electron chi connectivity index (χ0n) is 39.9. The van der Waals surface area contributed by atoms with Gasteiger partial charge >= 0.3 is 11.9 Å². The van der Waals surface area contributed by atoms with Gasteiger partial charge in [0.1, 0.15) is 12.2 Å². The van der Waals surface area contributed by atoms with E-state index in [4.69, 9.17) is 9.47 Å². The number of nitrogens with zero attached hydrogens (tertiary/aromatic N) is 1. The van der Waals surface area contributed by atoms with E-state index in [0.29, 0.717) is 49.8 Å². The van der Waals surface area contributed by atoms with E-state index in [1.165, 1.54) is 64.2 Å². The van der Waals surface area contributed by atoms with Crippen LogP contribution in [0.25, 0.3) is 0 Å². The second-order valence-corrected chi connectivity index (χ2v) is 18.7. The molecule has 0 radical (unpaired) electrons. The summed E-state index contributed by atoms with van der Waals surface area (Å²) in [5.74, 6) is 0.832. The number of carbonyl (C=O) groups excluding carboxylic acids is 3. The van der Waals surface area contributed by atoms with E-state index in [0.717, 1.165) is 116 Å². The third-order valence-corrected chi connectivity index (χ3v) is 11.6. The summed E-state index contributed by atoms with van der Waals surface area (Å²) in [7, 11) is 0. The smallest absolute Gasteiger partial charge is 0.306 e. The number of nitrogens with one attached hydrogen (secondary N) is 2. The van der Waals surface area contributed by atoms with Gasteiger partial charge < -0.3 is 29.8 Å². The third kappa shape index (κ3) is 33.3. The molecule has 9 heteroatoms. The van der Waals surface area contributed by atoms with Crippen molar-refractivity contribution in [3.05, 3.63) is 24.0 Å². The number of aliphatic hydroxyl groups excluding tert-OH is 1. The van der Waals surface area contributed by atoms with Gasteiger partial charge in [0, 0.05) is 38.3 Å². The number of aromatic nitrogens is 1. The Labute approximate surface area is 369 Å². The highest BCUT2D eigenvalue weighted by molar-refractivity contribution is 5.93. The second-order valence-electron chi connectivity index (χ2n) is 18.7. The molecule has 1 unspecified atom stereocenters. The maximum atomic E-state index is 12.9. The second kappa shape index (κ2) is 38.3. The molecule has 0 aliphatic rings. The lowest BCUT2D eigenvalue weighted by Gasteiger charge is -2.25. The monoisotopic (exact) mass is 846 g/mol. The third-order valence-electron chi connectivity index (χ3n) is 11.6. The predicted molar refractivity (Wildman–Crippen MR) is 250 cm³/mol. The number of rotatable bonds is 42. The van der Waals surface area contributed by atoms with Crippen molar-refractivity contribution in [1.29, 1.82) is 0 Å². The van der Waals surface area contributed by atoms with Gasteiger partial charge in [-0.25, -0.2) is 0 Å². The molecule has 1 rings (SSSR count). The van der Waals surface area contributed by atoms with Crippen LogP contribution in [0.5, 0.6) is 0 Å². The Hall–Kier alpha value is -2.39. The number of amides is 1. The summed E-state index contributed by atoms with van der Waals surface area (Å²) in [5, 5.41) is 13.9. The Kier molecular flexibility index (Phi) is 35.5. The van der Waals surface area contributed by atoms with Gasteiger partial charge in [-0.3, -0.25) is 14.4 Å². The topological polar surface area (TPSA) is 121 Å². The largest absolute Gasteiger partial charge is 0.462 e. The minimum Gasteiger partial charge on any atom is -0.462 e. The van der Waals surface area contributed by atoms with Crippen molar-refractivity contribution in [3.8, 4) is 0 Å². The summed E-state index contributed by atoms with van der Waals surface area (Å²) in [6.45, 7) is 16.3. The van der Waals surface area contributed by atoms with Crippen molar-refractivity contribution < 1.29 is 29.0 Å². The summed E-state index contributed by atoms with van der Waals surface area (Å²) < 4.78 is 12.0. The number of H-pyrrole nitrogens is 1. The molecule has 0 saturated carbocycles. The predicted octanol–water partition coefficient (Wildman–Crippen LogP) is 12.9. The number of esters is 2. The number of aliphatic hydroxyl groups is 1. The molecular formula is C51H95N3O6. The van der Waals surface area contributed by atoms with Crippen molar-refractivity contribution in [3.63, 3.8) is 0 Å². The lowest BCUT2D eigenvalue weighted by Crippen LogP contribution is -2.34. The van der Waals surface area contributed by atoms with Crippen LogP contribution in [0.15, 0.2) is 18.5 Å². The summed E-state index contributed by atoms with van der Waals surface area (Å²) >= 11 is 0. The van der Waals surface area contributed by atoms with Crippen LogP contribution in [-0.2, 0) is 19.1 Å². The van der Waals surface area contributed by atoms with E-state index in [1.54, 1.807) is 18.5 Å². The standard InChI is InChI=1S/C51H95N3O6/c1-7-9-11-13-16-21-30-47(31-22-17-14-12-10-8-2)59-49(56)32-23-18-15-19-27-37-54(42-46(55)29-25-26-35-53-51(58)45-34-36-52-41-45)38-28-20-24-33-50(57)60-48(39-43(3)4)40-44(5)6/h34,36,41,43-44,46-48,52,55H,7-33,35,37-40,42H2,1-6H3,(H,53,58). The molecule has 1 aromatic rings. The number of ether oxygens (including phenoxy) is 2. The first-order chi connectivity index (χ1) is 29.0. The van der Waals surface area contributed by atoms with Gasteiger partial charge in [-0.15, -0.1) is 0 Å². The molecule has 0 aromatic carbocycles. The Morgan fingerprint density at radius 2 is 1.08 bits per heavy atom. The van der Waals surface area contributed by atoms with Crippen LogP contribution in [-0.4, -0.2) is 77.3 Å². The van der Waals surface area contributed by atoms with Gasteiger partial charge in [-0.05, 0) is 114 Å². The number of carbonyl (C=O) groups is 3. The molecule has 0 aliphatic heterocycles. The summed E-state index contributed by atoms with van der Waals surface area (Å²) in [6.07, 6.45) is 33.4. The molecule has 1 amide bonds. The van der Waals surface area contributed by atoms with Crippen molar-refractivity contribution in [2.45, 2.75) is 246 Å². The maximum absolute atomic E-state index is 12.9. The maximum Gasteiger partial charge on any atom is 0.306 e. The molecule has 3 N–H and O–H groups in total. The van der Waals surface area contributed by atoms with E-state index in [-0.39, 0.29) is 30.1 Å². The molecule has 0 spiro atoms. The van der Waals surface area contributed by atoms with E-state index >= 15 is 0 Å². The van der Waals surface area contributed by atoms with Gasteiger partial charge in [0.15, 0.2) is 0 Å². The van der Waals surface area contributed by atoms with Crippen LogP contribution in [0.1, 0.15) is 238 Å². The average molecular weight is 846 g/mol. The highest BCUT2D eigenvalue weighted by atomic mass is 16.5. The summed E-state index contributed by atoms with van der Waals surface area (Å²) in [5.41, 5.74) is 0.632. The molecule has 0 bridgehead atoms. The average Bonchev–Trinajstić information content (AvgIpc) is 3.74.